The number of hydrogen-bond donors (Lipinski definition) is 2. The molecule has 2 heterocycles. The smallest absolute Gasteiger partial charge is 0.191 e. The van der Waals surface area contributed by atoms with Crippen LogP contribution in [0.3, 0.4) is 0 Å². The standard InChI is InChI=1S/C23H36ClN5.HI/c1-25-23(27-20-10-14-29(15-11-20)21-6-7-21)26-16-18-8-12-28(13-9-18)17-19-4-2-3-5-22(19)24;/h2-5,18,20-21H,6-17H2,1H3,(H2,25,26,27);1H. The minimum Gasteiger partial charge on any atom is -0.356 e. The monoisotopic (exact) mass is 545 g/mol. The first kappa shape index (κ1) is 24.1. The zero-order valence-corrected chi connectivity index (χ0v) is 21.2. The van der Waals surface area contributed by atoms with Crippen molar-refractivity contribution >= 4 is 41.5 Å². The molecule has 1 aliphatic carbocycles. The van der Waals surface area contributed by atoms with Crippen molar-refractivity contribution in [3.63, 3.8) is 0 Å². The van der Waals surface area contributed by atoms with E-state index in [1.165, 1.54) is 57.2 Å². The van der Waals surface area contributed by atoms with Crippen LogP contribution in [-0.4, -0.2) is 67.6 Å². The Morgan fingerprint density at radius 2 is 1.73 bits per heavy atom. The summed E-state index contributed by atoms with van der Waals surface area (Å²) in [6, 6.07) is 9.67. The number of nitrogens with one attached hydrogen (secondary N) is 2. The summed E-state index contributed by atoms with van der Waals surface area (Å²) in [5.74, 6) is 1.70. The summed E-state index contributed by atoms with van der Waals surface area (Å²) in [5, 5.41) is 8.14. The van der Waals surface area contributed by atoms with Crippen molar-refractivity contribution in [2.45, 2.75) is 57.2 Å². The summed E-state index contributed by atoms with van der Waals surface area (Å²) in [4.78, 5) is 9.67. The fraction of sp³-hybridized carbons (Fsp3) is 0.696. The van der Waals surface area contributed by atoms with E-state index in [4.69, 9.17) is 11.6 Å². The largest absolute Gasteiger partial charge is 0.356 e. The number of likely N-dealkylation sites (tertiary alicyclic amines) is 2. The van der Waals surface area contributed by atoms with Gasteiger partial charge in [-0.2, -0.15) is 0 Å². The third-order valence-electron chi connectivity index (χ3n) is 6.77. The highest BCUT2D eigenvalue weighted by molar-refractivity contribution is 14.0. The van der Waals surface area contributed by atoms with E-state index in [1.54, 1.807) is 0 Å². The van der Waals surface area contributed by atoms with Gasteiger partial charge >= 0.3 is 0 Å². The first-order valence-electron chi connectivity index (χ1n) is 11.4. The molecule has 0 aromatic heterocycles. The number of guanidine groups is 1. The highest BCUT2D eigenvalue weighted by atomic mass is 127. The SMILES string of the molecule is CN=C(NCC1CCN(Cc2ccccc2Cl)CC1)NC1CCN(C2CC2)CC1.I. The van der Waals surface area contributed by atoms with E-state index in [2.05, 4.69) is 37.6 Å². The van der Waals surface area contributed by atoms with E-state index in [-0.39, 0.29) is 24.0 Å². The summed E-state index contributed by atoms with van der Waals surface area (Å²) in [5.41, 5.74) is 1.24. The van der Waals surface area contributed by atoms with Crippen molar-refractivity contribution in [1.29, 1.82) is 0 Å². The predicted molar refractivity (Wildman–Crippen MR) is 137 cm³/mol. The number of rotatable bonds is 6. The number of halogens is 2. The van der Waals surface area contributed by atoms with E-state index in [1.807, 2.05) is 19.2 Å². The summed E-state index contributed by atoms with van der Waals surface area (Å²) in [6.45, 7) is 6.74. The summed E-state index contributed by atoms with van der Waals surface area (Å²) in [6.07, 6.45) is 7.76. The molecule has 0 amide bonds. The topological polar surface area (TPSA) is 42.9 Å². The predicted octanol–water partition coefficient (Wildman–Crippen LogP) is 3.96. The second-order valence-corrected chi connectivity index (χ2v) is 9.36. The minimum atomic E-state index is 0. The van der Waals surface area contributed by atoms with Gasteiger partial charge in [0.05, 0.1) is 0 Å². The van der Waals surface area contributed by atoms with Crippen LogP contribution in [-0.2, 0) is 6.54 Å². The van der Waals surface area contributed by atoms with E-state index in [9.17, 15) is 0 Å². The molecule has 2 N–H and O–H groups in total. The molecule has 0 radical (unpaired) electrons. The van der Waals surface area contributed by atoms with Crippen LogP contribution in [0.2, 0.25) is 5.02 Å². The number of benzene rings is 1. The van der Waals surface area contributed by atoms with Gasteiger partial charge in [0.2, 0.25) is 0 Å². The molecule has 1 aromatic carbocycles. The van der Waals surface area contributed by atoms with Gasteiger partial charge in [0, 0.05) is 50.3 Å². The highest BCUT2D eigenvalue weighted by Gasteiger charge is 2.32. The van der Waals surface area contributed by atoms with E-state index >= 15 is 0 Å². The van der Waals surface area contributed by atoms with E-state index < -0.39 is 0 Å². The molecule has 0 bridgehead atoms. The van der Waals surface area contributed by atoms with Crippen molar-refractivity contribution in [3.8, 4) is 0 Å². The van der Waals surface area contributed by atoms with Gasteiger partial charge in [-0.3, -0.25) is 9.89 Å². The Bertz CT molecular complexity index is 680. The van der Waals surface area contributed by atoms with Crippen molar-refractivity contribution in [2.24, 2.45) is 10.9 Å². The Hall–Kier alpha value is -0.570. The normalized spacial score (nSPS) is 22.5. The van der Waals surface area contributed by atoms with Gasteiger partial charge < -0.3 is 15.5 Å². The summed E-state index contributed by atoms with van der Waals surface area (Å²) >= 11 is 6.32. The molecule has 7 heteroatoms. The summed E-state index contributed by atoms with van der Waals surface area (Å²) in [7, 11) is 1.89. The maximum Gasteiger partial charge on any atom is 0.191 e. The van der Waals surface area contributed by atoms with Gasteiger partial charge in [-0.05, 0) is 69.2 Å². The zero-order valence-electron chi connectivity index (χ0n) is 18.2. The van der Waals surface area contributed by atoms with Crippen LogP contribution in [0.25, 0.3) is 0 Å². The molecule has 1 saturated carbocycles. The molecule has 2 aliphatic heterocycles. The third kappa shape index (κ3) is 6.97. The first-order chi connectivity index (χ1) is 14.2. The van der Waals surface area contributed by atoms with Gasteiger partial charge in [-0.1, -0.05) is 29.8 Å². The van der Waals surface area contributed by atoms with Crippen molar-refractivity contribution in [3.05, 3.63) is 34.9 Å². The van der Waals surface area contributed by atoms with Gasteiger partial charge in [-0.15, -0.1) is 24.0 Å². The Balaban J connectivity index is 0.00000256. The van der Waals surface area contributed by atoms with Crippen LogP contribution in [0.5, 0.6) is 0 Å². The molecule has 3 fully saturated rings. The van der Waals surface area contributed by atoms with Gasteiger partial charge in [0.25, 0.3) is 0 Å². The molecule has 4 rings (SSSR count). The molecule has 0 unspecified atom stereocenters. The average Bonchev–Trinajstić information content (AvgIpc) is 3.60. The third-order valence-corrected chi connectivity index (χ3v) is 7.14. The number of aliphatic imine (C=N–C) groups is 1. The Labute approximate surface area is 204 Å². The number of hydrogen-bond acceptors (Lipinski definition) is 3. The minimum absolute atomic E-state index is 0. The lowest BCUT2D eigenvalue weighted by atomic mass is 9.96. The molecule has 1 aromatic rings. The Morgan fingerprint density at radius 3 is 2.37 bits per heavy atom. The number of nitrogens with zero attached hydrogens (tertiary/aromatic N) is 3. The second kappa shape index (κ2) is 11.9. The fourth-order valence-corrected chi connectivity index (χ4v) is 4.89. The maximum atomic E-state index is 6.32. The second-order valence-electron chi connectivity index (χ2n) is 8.95. The van der Waals surface area contributed by atoms with Crippen LogP contribution in [0.1, 0.15) is 44.1 Å². The van der Waals surface area contributed by atoms with Gasteiger partial charge in [-0.25, -0.2) is 0 Å². The zero-order chi connectivity index (χ0) is 20.1. The van der Waals surface area contributed by atoms with Crippen molar-refractivity contribution in [2.75, 3.05) is 39.8 Å². The molecule has 168 valence electrons. The summed E-state index contributed by atoms with van der Waals surface area (Å²) < 4.78 is 0. The van der Waals surface area contributed by atoms with E-state index in [0.29, 0.717) is 12.0 Å². The molecular formula is C23H37ClIN5. The van der Waals surface area contributed by atoms with Crippen LogP contribution < -0.4 is 10.6 Å². The molecule has 5 nitrogen and oxygen atoms in total. The lowest BCUT2D eigenvalue weighted by Crippen LogP contribution is -2.50. The van der Waals surface area contributed by atoms with Crippen LogP contribution in [0.15, 0.2) is 29.3 Å². The van der Waals surface area contributed by atoms with Crippen LogP contribution in [0.4, 0.5) is 0 Å². The highest BCUT2D eigenvalue weighted by Crippen LogP contribution is 2.29. The Kier molecular flexibility index (Phi) is 9.54. The van der Waals surface area contributed by atoms with Crippen LogP contribution >= 0.6 is 35.6 Å². The molecule has 0 spiro atoms. The average molecular weight is 546 g/mol. The molecule has 2 saturated heterocycles. The molecule has 30 heavy (non-hydrogen) atoms. The van der Waals surface area contributed by atoms with E-state index in [0.717, 1.165) is 43.2 Å². The lowest BCUT2D eigenvalue weighted by molar-refractivity contribution is 0.177. The number of piperidine rings is 2. The van der Waals surface area contributed by atoms with Crippen molar-refractivity contribution < 1.29 is 0 Å². The maximum absolute atomic E-state index is 6.32. The Morgan fingerprint density at radius 1 is 1.03 bits per heavy atom. The fourth-order valence-electron chi connectivity index (χ4n) is 4.69. The van der Waals surface area contributed by atoms with Crippen LogP contribution in [0, 0.1) is 5.92 Å². The van der Waals surface area contributed by atoms with Gasteiger partial charge in [0.1, 0.15) is 0 Å². The van der Waals surface area contributed by atoms with Crippen molar-refractivity contribution in [1.82, 2.24) is 20.4 Å². The molecule has 3 aliphatic rings. The molecule has 0 atom stereocenters. The molecular weight excluding hydrogens is 509 g/mol. The van der Waals surface area contributed by atoms with Gasteiger partial charge in [0.15, 0.2) is 5.96 Å². The lowest BCUT2D eigenvalue weighted by Gasteiger charge is -2.34. The quantitative estimate of drug-likeness (QED) is 0.323. The first-order valence-corrected chi connectivity index (χ1v) is 11.8.